The topological polar surface area (TPSA) is 38.0 Å². The summed E-state index contributed by atoms with van der Waals surface area (Å²) in [6, 6.07) is 0. The standard InChI is InChI=1S/C7H8F3IN2O/c1-4(14)2-13-3-5(11)6(12-13)7(8,9)10/h3-4,14H,2H2,1H3/t4-/m0/s1. The maximum Gasteiger partial charge on any atom is 0.436 e. The van der Waals surface area contributed by atoms with Crippen molar-refractivity contribution in [3.63, 3.8) is 0 Å². The van der Waals surface area contributed by atoms with Gasteiger partial charge in [0.1, 0.15) is 0 Å². The summed E-state index contributed by atoms with van der Waals surface area (Å²) in [5.41, 5.74) is -0.904. The third kappa shape index (κ3) is 2.84. The molecule has 1 aromatic rings. The van der Waals surface area contributed by atoms with E-state index in [1.54, 1.807) is 22.6 Å². The molecule has 0 saturated heterocycles. The van der Waals surface area contributed by atoms with Crippen molar-refractivity contribution in [1.82, 2.24) is 9.78 Å². The number of rotatable bonds is 2. The fraction of sp³-hybridized carbons (Fsp3) is 0.571. The van der Waals surface area contributed by atoms with Gasteiger partial charge in [0.05, 0.1) is 16.2 Å². The van der Waals surface area contributed by atoms with E-state index < -0.39 is 18.0 Å². The minimum absolute atomic E-state index is 0.0377. The van der Waals surface area contributed by atoms with Crippen LogP contribution in [-0.2, 0) is 12.7 Å². The number of aromatic nitrogens is 2. The van der Waals surface area contributed by atoms with Gasteiger partial charge >= 0.3 is 6.18 Å². The van der Waals surface area contributed by atoms with Crippen LogP contribution < -0.4 is 0 Å². The maximum atomic E-state index is 12.3. The van der Waals surface area contributed by atoms with Crippen molar-refractivity contribution in [2.24, 2.45) is 0 Å². The molecule has 0 saturated carbocycles. The smallest absolute Gasteiger partial charge is 0.391 e. The van der Waals surface area contributed by atoms with Crippen molar-refractivity contribution in [3.05, 3.63) is 15.5 Å². The molecule has 7 heteroatoms. The van der Waals surface area contributed by atoms with E-state index >= 15 is 0 Å². The zero-order valence-corrected chi connectivity index (χ0v) is 9.37. The van der Waals surface area contributed by atoms with Gasteiger partial charge in [-0.15, -0.1) is 0 Å². The Morgan fingerprint density at radius 1 is 1.64 bits per heavy atom. The number of nitrogens with zero attached hydrogens (tertiary/aromatic N) is 2. The van der Waals surface area contributed by atoms with Crippen LogP contribution in [-0.4, -0.2) is 21.0 Å². The Bertz CT molecular complexity index is 321. The molecule has 3 nitrogen and oxygen atoms in total. The molecule has 0 bridgehead atoms. The minimum Gasteiger partial charge on any atom is -0.391 e. The van der Waals surface area contributed by atoms with Gasteiger partial charge in [0.25, 0.3) is 0 Å². The first kappa shape index (κ1) is 11.8. The third-order valence-corrected chi connectivity index (χ3v) is 2.23. The van der Waals surface area contributed by atoms with Crippen LogP contribution in [0.1, 0.15) is 12.6 Å². The molecule has 1 atom stereocenters. The summed E-state index contributed by atoms with van der Waals surface area (Å²) in [5, 5.41) is 12.3. The molecule has 0 aliphatic carbocycles. The molecule has 0 spiro atoms. The van der Waals surface area contributed by atoms with Crippen molar-refractivity contribution in [3.8, 4) is 0 Å². The van der Waals surface area contributed by atoms with Crippen molar-refractivity contribution in [1.29, 1.82) is 0 Å². The number of hydrogen-bond acceptors (Lipinski definition) is 2. The molecule has 80 valence electrons. The fourth-order valence-corrected chi connectivity index (χ4v) is 1.69. The Morgan fingerprint density at radius 3 is 2.57 bits per heavy atom. The Hall–Kier alpha value is -0.310. The van der Waals surface area contributed by atoms with Crippen LogP contribution in [0.15, 0.2) is 6.20 Å². The summed E-state index contributed by atoms with van der Waals surface area (Å²) in [7, 11) is 0. The molecule has 0 amide bonds. The highest BCUT2D eigenvalue weighted by Crippen LogP contribution is 2.31. The minimum atomic E-state index is -4.43. The van der Waals surface area contributed by atoms with Gasteiger partial charge in [-0.3, -0.25) is 4.68 Å². The summed E-state index contributed by atoms with van der Waals surface area (Å²) in [4.78, 5) is 0. The SMILES string of the molecule is C[C@H](O)Cn1cc(I)c(C(F)(F)F)n1. The van der Waals surface area contributed by atoms with Gasteiger partial charge in [-0.2, -0.15) is 18.3 Å². The van der Waals surface area contributed by atoms with Gasteiger partial charge in [0, 0.05) is 6.20 Å². The van der Waals surface area contributed by atoms with Gasteiger partial charge in [-0.05, 0) is 29.5 Å². The average molecular weight is 320 g/mol. The summed E-state index contributed by atoms with van der Waals surface area (Å²) in [6.07, 6.45) is -3.89. The number of hydrogen-bond donors (Lipinski definition) is 1. The van der Waals surface area contributed by atoms with Crippen molar-refractivity contribution < 1.29 is 18.3 Å². The lowest BCUT2D eigenvalue weighted by molar-refractivity contribution is -0.142. The van der Waals surface area contributed by atoms with Gasteiger partial charge in [-0.25, -0.2) is 0 Å². The van der Waals surface area contributed by atoms with Crippen LogP contribution in [0.25, 0.3) is 0 Å². The first-order valence-electron chi connectivity index (χ1n) is 3.79. The van der Waals surface area contributed by atoms with E-state index in [1.165, 1.54) is 13.1 Å². The van der Waals surface area contributed by atoms with E-state index in [4.69, 9.17) is 5.11 Å². The van der Waals surface area contributed by atoms with Gasteiger partial charge in [-0.1, -0.05) is 0 Å². The predicted octanol–water partition coefficient (Wildman–Crippen LogP) is 1.89. The van der Waals surface area contributed by atoms with E-state index in [0.717, 1.165) is 4.68 Å². The first-order valence-corrected chi connectivity index (χ1v) is 4.87. The van der Waals surface area contributed by atoms with Crippen LogP contribution in [0.3, 0.4) is 0 Å². The molecule has 0 unspecified atom stereocenters. The van der Waals surface area contributed by atoms with E-state index in [-0.39, 0.29) is 10.1 Å². The molecular weight excluding hydrogens is 312 g/mol. The Labute approximate surface area is 92.1 Å². The van der Waals surface area contributed by atoms with Crippen molar-refractivity contribution in [2.75, 3.05) is 0 Å². The zero-order chi connectivity index (χ0) is 10.9. The van der Waals surface area contributed by atoms with Gasteiger partial charge in [0.2, 0.25) is 0 Å². The lowest BCUT2D eigenvalue weighted by atomic mass is 10.4. The Balaban J connectivity index is 2.94. The highest BCUT2D eigenvalue weighted by Gasteiger charge is 2.36. The Kier molecular flexibility index (Phi) is 3.40. The largest absolute Gasteiger partial charge is 0.436 e. The summed E-state index contributed by atoms with van der Waals surface area (Å²) in [5.74, 6) is 0. The summed E-state index contributed by atoms with van der Waals surface area (Å²) in [6.45, 7) is 1.55. The van der Waals surface area contributed by atoms with Crippen molar-refractivity contribution >= 4 is 22.6 Å². The lowest BCUT2D eigenvalue weighted by Gasteiger charge is -2.04. The molecule has 14 heavy (non-hydrogen) atoms. The van der Waals surface area contributed by atoms with E-state index in [2.05, 4.69) is 5.10 Å². The van der Waals surface area contributed by atoms with Crippen molar-refractivity contribution in [2.45, 2.75) is 25.7 Å². The Morgan fingerprint density at radius 2 is 2.21 bits per heavy atom. The molecule has 1 N–H and O–H groups in total. The van der Waals surface area contributed by atoms with E-state index in [9.17, 15) is 13.2 Å². The molecular formula is C7H8F3IN2O. The molecule has 1 rings (SSSR count). The number of alkyl halides is 3. The van der Waals surface area contributed by atoms with Gasteiger partial charge in [0.15, 0.2) is 5.69 Å². The van der Waals surface area contributed by atoms with Gasteiger partial charge < -0.3 is 5.11 Å². The number of aliphatic hydroxyl groups is 1. The van der Waals surface area contributed by atoms with Crippen LogP contribution >= 0.6 is 22.6 Å². The highest BCUT2D eigenvalue weighted by molar-refractivity contribution is 14.1. The fourth-order valence-electron chi connectivity index (χ4n) is 0.953. The van der Waals surface area contributed by atoms with Crippen LogP contribution in [0.4, 0.5) is 13.2 Å². The molecule has 1 aromatic heterocycles. The molecule has 0 fully saturated rings. The molecule has 1 heterocycles. The second-order valence-electron chi connectivity index (χ2n) is 2.89. The van der Waals surface area contributed by atoms with Crippen LogP contribution in [0, 0.1) is 3.57 Å². The first-order chi connectivity index (χ1) is 6.30. The quantitative estimate of drug-likeness (QED) is 0.845. The second kappa shape index (κ2) is 4.05. The van der Waals surface area contributed by atoms with Crippen LogP contribution in [0.5, 0.6) is 0 Å². The van der Waals surface area contributed by atoms with Crippen LogP contribution in [0.2, 0.25) is 0 Å². The number of halogens is 4. The van der Waals surface area contributed by atoms with E-state index in [1.807, 2.05) is 0 Å². The van der Waals surface area contributed by atoms with E-state index in [0.29, 0.717) is 0 Å². The second-order valence-corrected chi connectivity index (χ2v) is 4.06. The number of aliphatic hydroxyl groups excluding tert-OH is 1. The molecule has 0 aliphatic heterocycles. The molecule has 0 radical (unpaired) electrons. The predicted molar refractivity (Wildman–Crippen MR) is 51.6 cm³/mol. The summed E-state index contributed by atoms with van der Waals surface area (Å²) >= 11 is 1.57. The monoisotopic (exact) mass is 320 g/mol. The molecule has 0 aliphatic rings. The third-order valence-electron chi connectivity index (χ3n) is 1.44. The lowest BCUT2D eigenvalue weighted by Crippen LogP contribution is -2.14. The average Bonchev–Trinajstić information content (AvgIpc) is 2.27. The molecule has 0 aromatic carbocycles. The maximum absolute atomic E-state index is 12.3. The highest BCUT2D eigenvalue weighted by atomic mass is 127. The summed E-state index contributed by atoms with van der Waals surface area (Å²) < 4.78 is 37.9. The normalized spacial score (nSPS) is 14.4. The zero-order valence-electron chi connectivity index (χ0n) is 7.22.